The number of halogens is 3. The second-order valence-electron chi connectivity index (χ2n) is 6.85. The molecular formula is C17H30F3N5O. The van der Waals surface area contributed by atoms with Crippen LogP contribution in [0.2, 0.25) is 0 Å². The van der Waals surface area contributed by atoms with Crippen LogP contribution in [0.4, 0.5) is 13.2 Å². The zero-order valence-corrected chi connectivity index (χ0v) is 15.4. The van der Waals surface area contributed by atoms with Gasteiger partial charge in [-0.25, -0.2) is 0 Å². The lowest BCUT2D eigenvalue weighted by Crippen LogP contribution is -2.52. The molecule has 0 bridgehead atoms. The number of alkyl halides is 3. The Kier molecular flexibility index (Phi) is 7.99. The van der Waals surface area contributed by atoms with Crippen molar-refractivity contribution in [3.63, 3.8) is 0 Å². The highest BCUT2D eigenvalue weighted by Crippen LogP contribution is 2.28. The number of aliphatic imine (C=N–C) groups is 1. The minimum Gasteiger partial charge on any atom is -0.357 e. The summed E-state index contributed by atoms with van der Waals surface area (Å²) in [7, 11) is 0. The molecule has 2 N–H and O–H groups in total. The number of nitrogens with one attached hydrogen (secondary N) is 2. The van der Waals surface area contributed by atoms with Gasteiger partial charge < -0.3 is 15.5 Å². The summed E-state index contributed by atoms with van der Waals surface area (Å²) in [5.74, 6) is 0.967. The van der Waals surface area contributed by atoms with E-state index in [2.05, 4.69) is 20.5 Å². The molecule has 1 aliphatic heterocycles. The monoisotopic (exact) mass is 377 g/mol. The Morgan fingerprint density at radius 1 is 1.15 bits per heavy atom. The maximum atomic E-state index is 12.2. The zero-order chi connectivity index (χ0) is 19.0. The lowest BCUT2D eigenvalue weighted by atomic mass is 9.84. The molecule has 150 valence electrons. The molecule has 1 saturated heterocycles. The molecule has 1 heterocycles. The Balaban J connectivity index is 1.64. The number of carbonyl (C=O) groups is 1. The normalized spacial score (nSPS) is 20.0. The average Bonchev–Trinajstić information content (AvgIpc) is 2.52. The highest BCUT2D eigenvalue weighted by atomic mass is 19.4. The minimum atomic E-state index is -4.18. The van der Waals surface area contributed by atoms with E-state index >= 15 is 0 Å². The van der Waals surface area contributed by atoms with Crippen molar-refractivity contribution in [1.29, 1.82) is 0 Å². The minimum absolute atomic E-state index is 0.249. The quantitative estimate of drug-likeness (QED) is 0.521. The van der Waals surface area contributed by atoms with Crippen LogP contribution in [0.25, 0.3) is 0 Å². The van der Waals surface area contributed by atoms with E-state index in [1.807, 2.05) is 11.8 Å². The van der Waals surface area contributed by atoms with E-state index < -0.39 is 12.6 Å². The Morgan fingerprint density at radius 2 is 1.85 bits per heavy atom. The fourth-order valence-electron chi connectivity index (χ4n) is 3.07. The lowest BCUT2D eigenvalue weighted by Gasteiger charge is -2.38. The molecule has 1 amide bonds. The lowest BCUT2D eigenvalue weighted by molar-refractivity contribution is -0.140. The molecule has 6 nitrogen and oxygen atoms in total. The fourth-order valence-corrected chi connectivity index (χ4v) is 3.07. The summed E-state index contributed by atoms with van der Waals surface area (Å²) < 4.78 is 36.6. The molecule has 0 radical (unpaired) electrons. The first-order valence-electron chi connectivity index (χ1n) is 9.49. The first-order valence-corrected chi connectivity index (χ1v) is 9.49. The zero-order valence-electron chi connectivity index (χ0n) is 15.4. The Bertz CT molecular complexity index is 472. The van der Waals surface area contributed by atoms with Crippen molar-refractivity contribution in [2.45, 2.75) is 38.8 Å². The van der Waals surface area contributed by atoms with Crippen LogP contribution in [-0.4, -0.2) is 80.2 Å². The Labute approximate surface area is 153 Å². The largest absolute Gasteiger partial charge is 0.390 e. The van der Waals surface area contributed by atoms with E-state index in [0.29, 0.717) is 25.0 Å². The first kappa shape index (κ1) is 20.8. The molecule has 0 aromatic rings. The fraction of sp³-hybridized carbons (Fsp3) is 0.882. The number of rotatable bonds is 7. The molecule has 1 saturated carbocycles. The molecule has 0 spiro atoms. The van der Waals surface area contributed by atoms with Gasteiger partial charge >= 0.3 is 6.18 Å². The molecule has 0 aromatic carbocycles. The standard InChI is InChI=1S/C17H30F3N5O/c1-2-21-16(22-7-6-17(18,19)20)23-8-9-24-10-12-25(13-11-24)15(26)14-4-3-5-14/h14H,2-13H2,1H3,(H2,21,22,23). The molecule has 0 aromatic heterocycles. The number of nitrogens with zero attached hydrogens (tertiary/aromatic N) is 3. The van der Waals surface area contributed by atoms with Crippen LogP contribution in [0.15, 0.2) is 4.99 Å². The van der Waals surface area contributed by atoms with E-state index in [0.717, 1.165) is 45.6 Å². The molecule has 9 heteroatoms. The first-order chi connectivity index (χ1) is 12.4. The third-order valence-corrected chi connectivity index (χ3v) is 4.87. The van der Waals surface area contributed by atoms with Gasteiger partial charge in [-0.2, -0.15) is 13.2 Å². The number of carbonyl (C=O) groups excluding carboxylic acids is 1. The predicted molar refractivity (Wildman–Crippen MR) is 95.0 cm³/mol. The molecule has 26 heavy (non-hydrogen) atoms. The highest BCUT2D eigenvalue weighted by molar-refractivity contribution is 5.80. The molecule has 2 fully saturated rings. The van der Waals surface area contributed by atoms with Crippen molar-refractivity contribution in [2.75, 3.05) is 52.4 Å². The van der Waals surface area contributed by atoms with Gasteiger partial charge in [0.05, 0.1) is 13.0 Å². The Hall–Kier alpha value is -1.51. The van der Waals surface area contributed by atoms with E-state index in [4.69, 9.17) is 0 Å². The number of hydrogen-bond acceptors (Lipinski definition) is 3. The summed E-state index contributed by atoms with van der Waals surface area (Å²) in [4.78, 5) is 20.4. The summed E-state index contributed by atoms with van der Waals surface area (Å²) in [6.45, 7) is 6.76. The summed E-state index contributed by atoms with van der Waals surface area (Å²) in [6.07, 6.45) is -1.87. The third kappa shape index (κ3) is 7.01. The van der Waals surface area contributed by atoms with Crippen molar-refractivity contribution < 1.29 is 18.0 Å². The Morgan fingerprint density at radius 3 is 2.38 bits per heavy atom. The molecule has 0 unspecified atom stereocenters. The smallest absolute Gasteiger partial charge is 0.357 e. The highest BCUT2D eigenvalue weighted by Gasteiger charge is 2.31. The van der Waals surface area contributed by atoms with Crippen LogP contribution in [0.3, 0.4) is 0 Å². The summed E-state index contributed by atoms with van der Waals surface area (Å²) in [5.41, 5.74) is 0. The molecule has 1 aliphatic carbocycles. The van der Waals surface area contributed by atoms with Gasteiger partial charge in [-0.3, -0.25) is 14.7 Å². The number of piperazine rings is 1. The molecule has 2 rings (SSSR count). The van der Waals surface area contributed by atoms with Gasteiger partial charge in [-0.15, -0.1) is 0 Å². The molecule has 0 atom stereocenters. The van der Waals surface area contributed by atoms with E-state index in [9.17, 15) is 18.0 Å². The maximum Gasteiger partial charge on any atom is 0.390 e. The van der Waals surface area contributed by atoms with Gasteiger partial charge in [0.15, 0.2) is 5.96 Å². The third-order valence-electron chi connectivity index (χ3n) is 4.87. The van der Waals surface area contributed by atoms with Crippen LogP contribution in [0.1, 0.15) is 32.6 Å². The summed E-state index contributed by atoms with van der Waals surface area (Å²) >= 11 is 0. The van der Waals surface area contributed by atoms with Crippen molar-refractivity contribution >= 4 is 11.9 Å². The number of amides is 1. The van der Waals surface area contributed by atoms with Crippen molar-refractivity contribution in [3.05, 3.63) is 0 Å². The van der Waals surface area contributed by atoms with E-state index in [-0.39, 0.29) is 12.5 Å². The van der Waals surface area contributed by atoms with E-state index in [1.165, 1.54) is 6.42 Å². The maximum absolute atomic E-state index is 12.2. The number of hydrogen-bond donors (Lipinski definition) is 2. The summed E-state index contributed by atoms with van der Waals surface area (Å²) in [5, 5.41) is 6.03. The van der Waals surface area contributed by atoms with Gasteiger partial charge in [-0.1, -0.05) is 6.42 Å². The van der Waals surface area contributed by atoms with Gasteiger partial charge in [-0.05, 0) is 19.8 Å². The van der Waals surface area contributed by atoms with Gasteiger partial charge in [0.2, 0.25) is 5.91 Å². The van der Waals surface area contributed by atoms with Crippen LogP contribution in [0, 0.1) is 5.92 Å². The summed E-state index contributed by atoms with van der Waals surface area (Å²) in [6, 6.07) is 0. The van der Waals surface area contributed by atoms with E-state index in [1.54, 1.807) is 0 Å². The molecule has 2 aliphatic rings. The van der Waals surface area contributed by atoms with Gasteiger partial charge in [0, 0.05) is 51.7 Å². The van der Waals surface area contributed by atoms with Gasteiger partial charge in [0.1, 0.15) is 0 Å². The van der Waals surface area contributed by atoms with Crippen LogP contribution < -0.4 is 10.6 Å². The van der Waals surface area contributed by atoms with Crippen molar-refractivity contribution in [3.8, 4) is 0 Å². The van der Waals surface area contributed by atoms with Crippen LogP contribution >= 0.6 is 0 Å². The van der Waals surface area contributed by atoms with Crippen LogP contribution in [0.5, 0.6) is 0 Å². The second kappa shape index (κ2) is 9.99. The van der Waals surface area contributed by atoms with Gasteiger partial charge in [0.25, 0.3) is 0 Å². The topological polar surface area (TPSA) is 60.0 Å². The van der Waals surface area contributed by atoms with Crippen molar-refractivity contribution in [1.82, 2.24) is 20.4 Å². The predicted octanol–water partition coefficient (Wildman–Crippen LogP) is 1.44. The number of guanidine groups is 1. The average molecular weight is 377 g/mol. The van der Waals surface area contributed by atoms with Crippen LogP contribution in [-0.2, 0) is 4.79 Å². The SMILES string of the molecule is CCNC(=NCCC(F)(F)F)NCCN1CCN(C(=O)C2CCC2)CC1. The molecular weight excluding hydrogens is 347 g/mol. The van der Waals surface area contributed by atoms with Crippen molar-refractivity contribution in [2.24, 2.45) is 10.9 Å². The second-order valence-corrected chi connectivity index (χ2v) is 6.85.